The summed E-state index contributed by atoms with van der Waals surface area (Å²) in [5, 5.41) is 5.82. The van der Waals surface area contributed by atoms with Gasteiger partial charge in [0.25, 0.3) is 0 Å². The Labute approximate surface area is 184 Å². The summed E-state index contributed by atoms with van der Waals surface area (Å²) >= 11 is 1.38. The van der Waals surface area contributed by atoms with Crippen LogP contribution in [0.3, 0.4) is 0 Å². The molecule has 1 aromatic carbocycles. The van der Waals surface area contributed by atoms with Gasteiger partial charge in [0.05, 0.1) is 24.2 Å². The third kappa shape index (κ3) is 6.46. The Morgan fingerprint density at radius 3 is 2.47 bits per heavy atom. The van der Waals surface area contributed by atoms with Crippen molar-refractivity contribution in [1.29, 1.82) is 0 Å². The van der Waals surface area contributed by atoms with E-state index in [2.05, 4.69) is 15.5 Å². The van der Waals surface area contributed by atoms with E-state index in [1.807, 2.05) is 38.1 Å². The fourth-order valence-corrected chi connectivity index (χ4v) is 5.07. The minimum Gasteiger partial charge on any atom is -0.379 e. The second-order valence-electron chi connectivity index (χ2n) is 8.47. The maximum Gasteiger partial charge on any atom is 0.234 e. The van der Waals surface area contributed by atoms with Crippen molar-refractivity contribution in [3.8, 4) is 0 Å². The lowest BCUT2D eigenvalue weighted by atomic mass is 9.79. The highest BCUT2D eigenvalue weighted by atomic mass is 32.2. The van der Waals surface area contributed by atoms with Crippen LogP contribution in [0.5, 0.6) is 0 Å². The Hall–Kier alpha value is -1.57. The van der Waals surface area contributed by atoms with E-state index in [-0.39, 0.29) is 28.4 Å². The molecule has 2 N–H and O–H groups in total. The Balaban J connectivity index is 1.45. The van der Waals surface area contributed by atoms with Crippen LogP contribution in [0.15, 0.2) is 24.3 Å². The molecule has 30 heavy (non-hydrogen) atoms. The number of rotatable bonds is 8. The number of nitrogens with zero attached hydrogens (tertiary/aromatic N) is 1. The average Bonchev–Trinajstić information content (AvgIpc) is 2.78. The number of aryl methyl sites for hydroxylation is 1. The molecule has 1 heterocycles. The summed E-state index contributed by atoms with van der Waals surface area (Å²) in [6.45, 7) is 8.01. The second-order valence-corrected chi connectivity index (χ2v) is 9.80. The lowest BCUT2D eigenvalue weighted by molar-refractivity contribution is -0.121. The van der Waals surface area contributed by atoms with Gasteiger partial charge in [0.15, 0.2) is 0 Å². The van der Waals surface area contributed by atoms with Crippen molar-refractivity contribution in [2.24, 2.45) is 0 Å². The van der Waals surface area contributed by atoms with Gasteiger partial charge in [-0.1, -0.05) is 37.0 Å². The van der Waals surface area contributed by atoms with E-state index in [0.29, 0.717) is 6.54 Å². The number of carbonyl (C=O) groups excluding carboxylic acids is 2. The summed E-state index contributed by atoms with van der Waals surface area (Å²) in [5.41, 5.74) is 2.00. The van der Waals surface area contributed by atoms with Gasteiger partial charge in [-0.3, -0.25) is 14.5 Å². The van der Waals surface area contributed by atoms with Gasteiger partial charge in [0.1, 0.15) is 0 Å². The van der Waals surface area contributed by atoms with Crippen LogP contribution in [0.2, 0.25) is 0 Å². The SMILES string of the molecule is Cc1ccc(NC(=O)CSC(C)C(=O)NCC2(N3CCOCC3)CCCCC2)cc1. The molecule has 6 nitrogen and oxygen atoms in total. The molecular formula is C23H35N3O3S. The number of carbonyl (C=O) groups is 2. The molecule has 0 radical (unpaired) electrons. The molecule has 1 unspecified atom stereocenters. The van der Waals surface area contributed by atoms with Gasteiger partial charge in [0.2, 0.25) is 11.8 Å². The van der Waals surface area contributed by atoms with E-state index >= 15 is 0 Å². The normalized spacial score (nSPS) is 20.3. The summed E-state index contributed by atoms with van der Waals surface area (Å²) in [4.78, 5) is 27.4. The van der Waals surface area contributed by atoms with Gasteiger partial charge in [-0.15, -0.1) is 11.8 Å². The molecule has 0 aromatic heterocycles. The molecule has 2 fully saturated rings. The van der Waals surface area contributed by atoms with Crippen LogP contribution in [-0.2, 0) is 14.3 Å². The Kier molecular flexibility index (Phi) is 8.60. The highest BCUT2D eigenvalue weighted by Crippen LogP contribution is 2.34. The maximum atomic E-state index is 12.7. The summed E-state index contributed by atoms with van der Waals surface area (Å²) in [5.74, 6) is 0.193. The maximum absolute atomic E-state index is 12.7. The van der Waals surface area contributed by atoms with Crippen molar-refractivity contribution in [1.82, 2.24) is 10.2 Å². The molecule has 0 spiro atoms. The van der Waals surface area contributed by atoms with E-state index in [0.717, 1.165) is 50.4 Å². The third-order valence-corrected chi connectivity index (χ3v) is 7.37. The first-order chi connectivity index (χ1) is 14.5. The molecule has 7 heteroatoms. The Bertz CT molecular complexity index is 698. The summed E-state index contributed by atoms with van der Waals surface area (Å²) in [7, 11) is 0. The molecule has 1 aliphatic heterocycles. The van der Waals surface area contributed by atoms with Crippen LogP contribution in [0.1, 0.15) is 44.6 Å². The summed E-state index contributed by atoms with van der Waals surface area (Å²) in [6.07, 6.45) is 5.98. The highest BCUT2D eigenvalue weighted by Gasteiger charge is 2.39. The number of amides is 2. The molecule has 3 rings (SSSR count). The average molecular weight is 434 g/mol. The first-order valence-corrected chi connectivity index (χ1v) is 12.1. The number of hydrogen-bond donors (Lipinski definition) is 2. The number of anilines is 1. The largest absolute Gasteiger partial charge is 0.379 e. The number of benzene rings is 1. The Morgan fingerprint density at radius 1 is 1.13 bits per heavy atom. The van der Waals surface area contributed by atoms with Crippen LogP contribution in [0.4, 0.5) is 5.69 Å². The van der Waals surface area contributed by atoms with Crippen LogP contribution in [0.25, 0.3) is 0 Å². The zero-order valence-corrected chi connectivity index (χ0v) is 19.1. The molecule has 1 aliphatic carbocycles. The zero-order chi connectivity index (χ0) is 21.4. The fourth-order valence-electron chi connectivity index (χ4n) is 4.36. The van der Waals surface area contributed by atoms with Crippen LogP contribution in [0, 0.1) is 6.92 Å². The van der Waals surface area contributed by atoms with Crippen molar-refractivity contribution in [3.05, 3.63) is 29.8 Å². The van der Waals surface area contributed by atoms with Crippen molar-refractivity contribution < 1.29 is 14.3 Å². The number of thioether (sulfide) groups is 1. The molecule has 166 valence electrons. The van der Waals surface area contributed by atoms with Gasteiger partial charge in [-0.2, -0.15) is 0 Å². The summed E-state index contributed by atoms with van der Waals surface area (Å²) < 4.78 is 5.53. The van der Waals surface area contributed by atoms with Gasteiger partial charge < -0.3 is 15.4 Å². The predicted molar refractivity (Wildman–Crippen MR) is 123 cm³/mol. The van der Waals surface area contributed by atoms with Gasteiger partial charge in [-0.25, -0.2) is 0 Å². The molecule has 2 amide bonds. The van der Waals surface area contributed by atoms with Crippen molar-refractivity contribution in [2.45, 2.75) is 56.7 Å². The smallest absolute Gasteiger partial charge is 0.234 e. The molecular weight excluding hydrogens is 398 g/mol. The van der Waals surface area contributed by atoms with Crippen LogP contribution in [-0.4, -0.2) is 66.1 Å². The van der Waals surface area contributed by atoms with Gasteiger partial charge >= 0.3 is 0 Å². The van der Waals surface area contributed by atoms with Crippen molar-refractivity contribution in [2.75, 3.05) is 43.9 Å². The van der Waals surface area contributed by atoms with Crippen molar-refractivity contribution >= 4 is 29.3 Å². The lowest BCUT2D eigenvalue weighted by Gasteiger charge is -2.48. The van der Waals surface area contributed by atoms with E-state index in [1.165, 1.54) is 31.0 Å². The first kappa shape index (κ1) is 23.1. The monoisotopic (exact) mass is 433 g/mol. The van der Waals surface area contributed by atoms with E-state index in [1.54, 1.807) is 0 Å². The Morgan fingerprint density at radius 2 is 1.80 bits per heavy atom. The molecule has 1 atom stereocenters. The zero-order valence-electron chi connectivity index (χ0n) is 18.2. The van der Waals surface area contributed by atoms with Crippen molar-refractivity contribution in [3.63, 3.8) is 0 Å². The van der Waals surface area contributed by atoms with Crippen LogP contribution < -0.4 is 10.6 Å². The van der Waals surface area contributed by atoms with E-state index in [9.17, 15) is 9.59 Å². The molecule has 1 saturated carbocycles. The molecule has 1 saturated heterocycles. The van der Waals surface area contributed by atoms with Gasteiger partial charge in [0, 0.05) is 30.9 Å². The standard InChI is InChI=1S/C23H35N3O3S/c1-18-6-8-20(9-7-18)25-21(27)16-30-19(2)22(28)24-17-23(10-4-3-5-11-23)26-12-14-29-15-13-26/h6-9,19H,3-5,10-17H2,1-2H3,(H,24,28)(H,25,27). The fraction of sp³-hybridized carbons (Fsp3) is 0.652. The van der Waals surface area contributed by atoms with E-state index in [4.69, 9.17) is 4.74 Å². The molecule has 1 aromatic rings. The summed E-state index contributed by atoms with van der Waals surface area (Å²) in [6, 6.07) is 7.72. The van der Waals surface area contributed by atoms with Gasteiger partial charge in [-0.05, 0) is 38.8 Å². The minimum absolute atomic E-state index is 0.0151. The lowest BCUT2D eigenvalue weighted by Crippen LogP contribution is -2.60. The number of morpholine rings is 1. The molecule has 0 bridgehead atoms. The predicted octanol–water partition coefficient (Wildman–Crippen LogP) is 3.21. The van der Waals surface area contributed by atoms with E-state index < -0.39 is 0 Å². The topological polar surface area (TPSA) is 70.7 Å². The first-order valence-electron chi connectivity index (χ1n) is 11.1. The van der Waals surface area contributed by atoms with Crippen LogP contribution >= 0.6 is 11.8 Å². The molecule has 2 aliphatic rings. The number of ether oxygens (including phenoxy) is 1. The number of hydrogen-bond acceptors (Lipinski definition) is 5. The third-order valence-electron chi connectivity index (χ3n) is 6.23. The second kappa shape index (κ2) is 11.2. The number of nitrogens with one attached hydrogen (secondary N) is 2. The highest BCUT2D eigenvalue weighted by molar-refractivity contribution is 8.01. The minimum atomic E-state index is -0.265. The quantitative estimate of drug-likeness (QED) is 0.659.